The van der Waals surface area contributed by atoms with Gasteiger partial charge < -0.3 is 10.3 Å². The average Bonchev–Trinajstić information content (AvgIpc) is 3.40. The lowest BCUT2D eigenvalue weighted by Gasteiger charge is -2.14. The minimum absolute atomic E-state index is 0.0314. The van der Waals surface area contributed by atoms with E-state index in [0.29, 0.717) is 15.9 Å². The molecule has 0 aliphatic carbocycles. The van der Waals surface area contributed by atoms with Crippen molar-refractivity contribution in [3.8, 4) is 5.69 Å². The van der Waals surface area contributed by atoms with Gasteiger partial charge in [0.05, 0.1) is 33.2 Å². The Bertz CT molecular complexity index is 1550. The lowest BCUT2D eigenvalue weighted by Crippen LogP contribution is -2.21. The Morgan fingerprint density at radius 1 is 1.12 bits per heavy atom. The number of aromatic amines is 1. The molecule has 5 aromatic rings. The Morgan fingerprint density at radius 2 is 1.97 bits per heavy atom. The van der Waals surface area contributed by atoms with E-state index in [2.05, 4.69) is 20.4 Å². The van der Waals surface area contributed by atoms with Gasteiger partial charge in [-0.3, -0.25) is 9.59 Å². The van der Waals surface area contributed by atoms with Crippen LogP contribution in [0.1, 0.15) is 16.1 Å². The highest BCUT2D eigenvalue weighted by atomic mass is 32.1. The molecule has 0 fully saturated rings. The maximum atomic E-state index is 14.1. The second-order valence-electron chi connectivity index (χ2n) is 6.85. The molecule has 0 unspecified atom stereocenters. The van der Waals surface area contributed by atoms with Gasteiger partial charge in [-0.15, -0.1) is 11.3 Å². The van der Waals surface area contributed by atoms with Crippen LogP contribution in [0.15, 0.2) is 65.2 Å². The van der Waals surface area contributed by atoms with E-state index in [4.69, 9.17) is 0 Å². The molecule has 0 saturated heterocycles. The number of carbonyl (C=O) groups is 1. The third kappa shape index (κ3) is 3.32. The summed E-state index contributed by atoms with van der Waals surface area (Å²) in [5.41, 5.74) is 0.281. The Hall–Kier alpha value is -3.99. The summed E-state index contributed by atoms with van der Waals surface area (Å²) in [4.78, 5) is 31.5. The Balaban J connectivity index is 1.61. The first-order chi connectivity index (χ1) is 15.3. The highest BCUT2D eigenvalue weighted by Gasteiger charge is 2.41. The van der Waals surface area contributed by atoms with Gasteiger partial charge in [0, 0.05) is 22.7 Å². The highest BCUT2D eigenvalue weighted by molar-refractivity contribution is 7.16. The minimum Gasteiger partial charge on any atom is -0.329 e. The van der Waals surface area contributed by atoms with Crippen molar-refractivity contribution in [1.82, 2.24) is 19.7 Å². The summed E-state index contributed by atoms with van der Waals surface area (Å²) in [7, 11) is 0. The molecular weight excluding hydrogens is 443 g/mol. The summed E-state index contributed by atoms with van der Waals surface area (Å²) in [6.45, 7) is 0. The molecule has 2 N–H and O–H groups in total. The maximum Gasteiger partial charge on any atom is 0.434 e. The van der Waals surface area contributed by atoms with Crippen LogP contribution in [0, 0.1) is 0 Å². The zero-order valence-corrected chi connectivity index (χ0v) is 16.8. The van der Waals surface area contributed by atoms with Crippen LogP contribution in [0.2, 0.25) is 0 Å². The number of H-pyrrole nitrogens is 1. The number of fused-ring (bicyclic) bond motifs is 2. The van der Waals surface area contributed by atoms with Crippen molar-refractivity contribution in [1.29, 1.82) is 0 Å². The summed E-state index contributed by atoms with van der Waals surface area (Å²) in [5.74, 6) is -0.962. The van der Waals surface area contributed by atoms with E-state index in [0.717, 1.165) is 10.9 Å². The van der Waals surface area contributed by atoms with E-state index in [-0.39, 0.29) is 16.5 Å². The van der Waals surface area contributed by atoms with Crippen LogP contribution in [0.5, 0.6) is 0 Å². The molecule has 0 atom stereocenters. The fourth-order valence-corrected chi connectivity index (χ4v) is 4.15. The van der Waals surface area contributed by atoms with Gasteiger partial charge in [0.2, 0.25) is 0 Å². The molecule has 3 aromatic heterocycles. The zero-order valence-electron chi connectivity index (χ0n) is 16.0. The molecule has 2 aromatic carbocycles. The third-order valence-electron chi connectivity index (χ3n) is 4.89. The number of nitrogens with zero attached hydrogens (tertiary/aromatic N) is 3. The van der Waals surface area contributed by atoms with Crippen LogP contribution in [-0.2, 0) is 6.18 Å². The molecule has 32 heavy (non-hydrogen) atoms. The van der Waals surface area contributed by atoms with Gasteiger partial charge in [0.1, 0.15) is 0 Å². The smallest absolute Gasteiger partial charge is 0.329 e. The predicted molar refractivity (Wildman–Crippen MR) is 114 cm³/mol. The fourth-order valence-electron chi connectivity index (χ4n) is 3.49. The van der Waals surface area contributed by atoms with E-state index >= 15 is 0 Å². The SMILES string of the molecule is O=C(Nc1ccc2scnc2c1)c1cnn(-c2cccc3c(=O)[nH]ccc23)c1C(F)(F)F. The van der Waals surface area contributed by atoms with Crippen molar-refractivity contribution >= 4 is 43.9 Å². The second-order valence-corrected chi connectivity index (χ2v) is 7.74. The van der Waals surface area contributed by atoms with Crippen molar-refractivity contribution in [3.05, 3.63) is 82.0 Å². The number of hydrogen-bond donors (Lipinski definition) is 2. The Labute approximate surface area is 181 Å². The molecule has 0 bridgehead atoms. The van der Waals surface area contributed by atoms with Crippen molar-refractivity contribution in [2.24, 2.45) is 0 Å². The maximum absolute atomic E-state index is 14.1. The lowest BCUT2D eigenvalue weighted by molar-refractivity contribution is -0.143. The summed E-state index contributed by atoms with van der Waals surface area (Å²) in [5, 5.41) is 6.81. The van der Waals surface area contributed by atoms with Crippen molar-refractivity contribution in [2.75, 3.05) is 5.32 Å². The molecule has 3 heterocycles. The first-order valence-electron chi connectivity index (χ1n) is 9.23. The number of halogens is 3. The molecule has 1 amide bonds. The summed E-state index contributed by atoms with van der Waals surface area (Å²) in [6, 6.07) is 10.7. The van der Waals surface area contributed by atoms with E-state index < -0.39 is 28.9 Å². The van der Waals surface area contributed by atoms with Gasteiger partial charge in [-0.05, 0) is 36.4 Å². The molecule has 160 valence electrons. The number of aromatic nitrogens is 4. The summed E-state index contributed by atoms with van der Waals surface area (Å²) < 4.78 is 43.7. The van der Waals surface area contributed by atoms with Crippen LogP contribution >= 0.6 is 11.3 Å². The van der Waals surface area contributed by atoms with Gasteiger partial charge >= 0.3 is 6.18 Å². The molecule has 5 rings (SSSR count). The minimum atomic E-state index is -4.88. The zero-order chi connectivity index (χ0) is 22.5. The number of amides is 1. The number of carbonyl (C=O) groups excluding carboxylic acids is 1. The molecule has 11 heteroatoms. The third-order valence-corrected chi connectivity index (χ3v) is 5.70. The second kappa shape index (κ2) is 7.31. The van der Waals surface area contributed by atoms with Gasteiger partial charge in [-0.1, -0.05) is 6.07 Å². The van der Waals surface area contributed by atoms with Crippen LogP contribution in [0.25, 0.3) is 26.7 Å². The molecule has 7 nitrogen and oxygen atoms in total. The Morgan fingerprint density at radius 3 is 2.78 bits per heavy atom. The fraction of sp³-hybridized carbons (Fsp3) is 0.0476. The number of pyridine rings is 1. The number of thiazole rings is 1. The number of rotatable bonds is 3. The first kappa shape index (κ1) is 19.9. The van der Waals surface area contributed by atoms with Crippen LogP contribution < -0.4 is 10.9 Å². The van der Waals surface area contributed by atoms with Crippen LogP contribution in [-0.4, -0.2) is 25.7 Å². The van der Waals surface area contributed by atoms with Gasteiger partial charge in [0.15, 0.2) is 5.69 Å². The van der Waals surface area contributed by atoms with Crippen LogP contribution in [0.3, 0.4) is 0 Å². The highest BCUT2D eigenvalue weighted by Crippen LogP contribution is 2.35. The van der Waals surface area contributed by atoms with Crippen molar-refractivity contribution in [2.45, 2.75) is 6.18 Å². The number of nitrogens with one attached hydrogen (secondary N) is 2. The van der Waals surface area contributed by atoms with Gasteiger partial charge in [0.25, 0.3) is 11.5 Å². The lowest BCUT2D eigenvalue weighted by atomic mass is 10.1. The van der Waals surface area contributed by atoms with Crippen molar-refractivity contribution in [3.63, 3.8) is 0 Å². The topological polar surface area (TPSA) is 92.7 Å². The molecule has 0 spiro atoms. The van der Waals surface area contributed by atoms with E-state index in [9.17, 15) is 22.8 Å². The molecular formula is C21H12F3N5O2S. The van der Waals surface area contributed by atoms with E-state index in [1.54, 1.807) is 23.7 Å². The summed E-state index contributed by atoms with van der Waals surface area (Å²) >= 11 is 1.41. The van der Waals surface area contributed by atoms with Crippen LogP contribution in [0.4, 0.5) is 18.9 Å². The first-order valence-corrected chi connectivity index (χ1v) is 10.1. The average molecular weight is 455 g/mol. The number of anilines is 1. The largest absolute Gasteiger partial charge is 0.434 e. The normalized spacial score (nSPS) is 11.8. The molecule has 0 radical (unpaired) electrons. The quantitative estimate of drug-likeness (QED) is 0.416. The van der Waals surface area contributed by atoms with Gasteiger partial charge in [-0.2, -0.15) is 18.3 Å². The number of alkyl halides is 3. The summed E-state index contributed by atoms with van der Waals surface area (Å²) in [6.07, 6.45) is -2.68. The monoisotopic (exact) mass is 455 g/mol. The standard InChI is InChI=1S/C21H12F3N5O2S/c22-21(23,24)18-14(20(31)28-11-4-5-17-15(8-11)26-10-32-17)9-27-29(18)16-3-1-2-13-12(16)6-7-25-19(13)30/h1-10H,(H,25,30)(H,28,31). The van der Waals surface area contributed by atoms with Crippen molar-refractivity contribution < 1.29 is 18.0 Å². The Kier molecular flexibility index (Phi) is 4.55. The molecule has 0 aliphatic heterocycles. The molecule has 0 saturated carbocycles. The van der Waals surface area contributed by atoms with E-state index in [1.165, 1.54) is 41.8 Å². The molecule has 0 aliphatic rings. The number of benzene rings is 2. The number of hydrogen-bond acceptors (Lipinski definition) is 5. The van der Waals surface area contributed by atoms with E-state index in [1.807, 2.05) is 0 Å². The predicted octanol–water partition coefficient (Wildman–Crippen LogP) is 4.59. The van der Waals surface area contributed by atoms with Gasteiger partial charge in [-0.25, -0.2) is 9.67 Å².